The Morgan fingerprint density at radius 3 is 2.50 bits per heavy atom. The van der Waals surface area contributed by atoms with E-state index >= 15 is 0 Å². The third-order valence-electron chi connectivity index (χ3n) is 3.78. The first-order valence-corrected chi connectivity index (χ1v) is 10.0. The van der Waals surface area contributed by atoms with E-state index in [9.17, 15) is 4.79 Å². The first-order valence-electron chi connectivity index (χ1n) is 8.22. The van der Waals surface area contributed by atoms with Crippen molar-refractivity contribution >= 4 is 39.8 Å². The maximum absolute atomic E-state index is 12.0. The molecule has 0 unspecified atom stereocenters. The number of nitrogens with zero attached hydrogens (tertiary/aromatic N) is 2. The molecule has 0 atom stereocenters. The predicted molar refractivity (Wildman–Crippen MR) is 108 cm³/mol. The van der Waals surface area contributed by atoms with Crippen molar-refractivity contribution in [3.8, 4) is 0 Å². The summed E-state index contributed by atoms with van der Waals surface area (Å²) in [7, 11) is 0. The van der Waals surface area contributed by atoms with Crippen LogP contribution in [-0.2, 0) is 11.3 Å². The van der Waals surface area contributed by atoms with E-state index in [1.54, 1.807) is 0 Å². The number of carbonyl (C=O) groups is 1. The van der Waals surface area contributed by atoms with Gasteiger partial charge in [-0.25, -0.2) is 0 Å². The number of anilines is 2. The summed E-state index contributed by atoms with van der Waals surface area (Å²) in [6.45, 7) is 4.65. The third-order valence-corrected chi connectivity index (χ3v) is 5.75. The van der Waals surface area contributed by atoms with Gasteiger partial charge in [0, 0.05) is 12.2 Å². The summed E-state index contributed by atoms with van der Waals surface area (Å²) < 4.78 is 0.772. The Hall–Kier alpha value is -2.38. The summed E-state index contributed by atoms with van der Waals surface area (Å²) in [5, 5.41) is 15.3. The summed E-state index contributed by atoms with van der Waals surface area (Å²) in [5.74, 6) is 0.309. The van der Waals surface area contributed by atoms with E-state index in [0.717, 1.165) is 31.8 Å². The number of aryl methyl sites for hydroxylation is 2. The van der Waals surface area contributed by atoms with Crippen molar-refractivity contribution in [1.29, 1.82) is 0 Å². The highest BCUT2D eigenvalue weighted by Crippen LogP contribution is 2.30. The third kappa shape index (κ3) is 5.06. The second-order valence-electron chi connectivity index (χ2n) is 5.82. The number of aromatic nitrogens is 2. The van der Waals surface area contributed by atoms with Gasteiger partial charge in [0.15, 0.2) is 4.34 Å². The standard InChI is InChI=1S/C19H20N4OS2/c1-13-7-6-8-14(2)17(13)21-18-22-23-19(26-18)25-12-16(24)20-11-15-9-4-3-5-10-15/h3-10H,11-12H2,1-2H3,(H,20,24)(H,21,22). The Kier molecular flexibility index (Phi) is 6.25. The van der Waals surface area contributed by atoms with Gasteiger partial charge in [0.2, 0.25) is 11.0 Å². The first-order chi connectivity index (χ1) is 12.6. The van der Waals surface area contributed by atoms with E-state index in [2.05, 4.69) is 46.8 Å². The maximum Gasteiger partial charge on any atom is 0.230 e. The number of nitrogens with one attached hydrogen (secondary N) is 2. The Morgan fingerprint density at radius 1 is 1.04 bits per heavy atom. The fourth-order valence-corrected chi connectivity index (χ4v) is 4.00. The summed E-state index contributed by atoms with van der Waals surface area (Å²) in [4.78, 5) is 12.0. The van der Waals surface area contributed by atoms with E-state index in [1.165, 1.54) is 23.1 Å². The topological polar surface area (TPSA) is 66.9 Å². The summed E-state index contributed by atoms with van der Waals surface area (Å²) in [6.07, 6.45) is 0. The Morgan fingerprint density at radius 2 is 1.77 bits per heavy atom. The average molecular weight is 385 g/mol. The quantitative estimate of drug-likeness (QED) is 0.594. The van der Waals surface area contributed by atoms with Crippen LogP contribution in [0.15, 0.2) is 52.9 Å². The van der Waals surface area contributed by atoms with Gasteiger partial charge in [0.1, 0.15) is 0 Å². The lowest BCUT2D eigenvalue weighted by Crippen LogP contribution is -2.24. The normalized spacial score (nSPS) is 10.5. The molecule has 134 valence electrons. The molecule has 7 heteroatoms. The molecule has 0 saturated heterocycles. The molecule has 0 aliphatic carbocycles. The zero-order valence-electron chi connectivity index (χ0n) is 14.7. The SMILES string of the molecule is Cc1cccc(C)c1Nc1nnc(SCC(=O)NCc2ccccc2)s1. The van der Waals surface area contributed by atoms with E-state index in [1.807, 2.05) is 36.4 Å². The molecule has 0 aliphatic rings. The summed E-state index contributed by atoms with van der Waals surface area (Å²) >= 11 is 2.85. The van der Waals surface area contributed by atoms with Crippen LogP contribution in [-0.4, -0.2) is 21.9 Å². The van der Waals surface area contributed by atoms with Crippen LogP contribution in [0.25, 0.3) is 0 Å². The van der Waals surface area contributed by atoms with Crippen molar-refractivity contribution in [2.75, 3.05) is 11.1 Å². The van der Waals surface area contributed by atoms with Crippen LogP contribution in [0, 0.1) is 13.8 Å². The second kappa shape index (κ2) is 8.82. The number of benzene rings is 2. The number of para-hydroxylation sites is 1. The van der Waals surface area contributed by atoms with Crippen LogP contribution in [0.1, 0.15) is 16.7 Å². The minimum atomic E-state index is -0.0155. The molecule has 0 saturated carbocycles. The van der Waals surface area contributed by atoms with Gasteiger partial charge in [-0.3, -0.25) is 4.79 Å². The molecule has 5 nitrogen and oxygen atoms in total. The Balaban J connectivity index is 1.50. The Labute approximate surface area is 161 Å². The van der Waals surface area contributed by atoms with Gasteiger partial charge in [-0.2, -0.15) is 0 Å². The molecule has 26 heavy (non-hydrogen) atoms. The van der Waals surface area contributed by atoms with Crippen LogP contribution in [0.4, 0.5) is 10.8 Å². The average Bonchev–Trinajstić information content (AvgIpc) is 3.10. The van der Waals surface area contributed by atoms with E-state index in [0.29, 0.717) is 12.3 Å². The minimum Gasteiger partial charge on any atom is -0.351 e. The molecule has 1 heterocycles. The molecule has 3 rings (SSSR count). The molecule has 3 aromatic rings. The number of carbonyl (C=O) groups excluding carboxylic acids is 1. The number of hydrogen-bond donors (Lipinski definition) is 2. The zero-order chi connectivity index (χ0) is 18.4. The van der Waals surface area contributed by atoms with Crippen molar-refractivity contribution in [3.05, 3.63) is 65.2 Å². The Bertz CT molecular complexity index is 860. The number of hydrogen-bond acceptors (Lipinski definition) is 6. The molecule has 2 aromatic carbocycles. The van der Waals surface area contributed by atoms with Gasteiger partial charge in [-0.1, -0.05) is 71.6 Å². The second-order valence-corrected chi connectivity index (χ2v) is 8.02. The number of rotatable bonds is 7. The van der Waals surface area contributed by atoms with Gasteiger partial charge in [-0.05, 0) is 30.5 Å². The molecular formula is C19H20N4OS2. The molecule has 0 spiro atoms. The predicted octanol–water partition coefficient (Wildman–Crippen LogP) is 4.31. The highest BCUT2D eigenvalue weighted by atomic mass is 32.2. The fourth-order valence-electron chi connectivity index (χ4n) is 2.41. The fraction of sp³-hybridized carbons (Fsp3) is 0.211. The molecule has 2 N–H and O–H groups in total. The van der Waals surface area contributed by atoms with Gasteiger partial charge in [0.05, 0.1) is 5.75 Å². The van der Waals surface area contributed by atoms with Gasteiger partial charge < -0.3 is 10.6 Å². The number of amides is 1. The smallest absolute Gasteiger partial charge is 0.230 e. The van der Waals surface area contributed by atoms with Crippen LogP contribution in [0.3, 0.4) is 0 Å². The van der Waals surface area contributed by atoms with Crippen LogP contribution in [0.2, 0.25) is 0 Å². The molecule has 1 amide bonds. The maximum atomic E-state index is 12.0. The summed E-state index contributed by atoms with van der Waals surface area (Å²) in [5.41, 5.74) is 4.46. The highest BCUT2D eigenvalue weighted by molar-refractivity contribution is 8.01. The van der Waals surface area contributed by atoms with E-state index < -0.39 is 0 Å². The summed E-state index contributed by atoms with van der Waals surface area (Å²) in [6, 6.07) is 16.0. The van der Waals surface area contributed by atoms with Gasteiger partial charge in [-0.15, -0.1) is 10.2 Å². The molecule has 0 radical (unpaired) electrons. The van der Waals surface area contributed by atoms with Crippen LogP contribution in [0.5, 0.6) is 0 Å². The molecule has 0 aliphatic heterocycles. The molecular weight excluding hydrogens is 364 g/mol. The van der Waals surface area contributed by atoms with Crippen molar-refractivity contribution < 1.29 is 4.79 Å². The van der Waals surface area contributed by atoms with Crippen molar-refractivity contribution in [2.24, 2.45) is 0 Å². The zero-order valence-corrected chi connectivity index (χ0v) is 16.3. The van der Waals surface area contributed by atoms with E-state index in [4.69, 9.17) is 0 Å². The largest absolute Gasteiger partial charge is 0.351 e. The monoisotopic (exact) mass is 384 g/mol. The molecule has 1 aromatic heterocycles. The van der Waals surface area contributed by atoms with Crippen LogP contribution >= 0.6 is 23.1 Å². The van der Waals surface area contributed by atoms with Gasteiger partial charge >= 0.3 is 0 Å². The lowest BCUT2D eigenvalue weighted by molar-refractivity contribution is -0.118. The lowest BCUT2D eigenvalue weighted by Gasteiger charge is -2.09. The molecule has 0 bridgehead atoms. The lowest BCUT2D eigenvalue weighted by atomic mass is 10.1. The highest BCUT2D eigenvalue weighted by Gasteiger charge is 2.10. The molecule has 0 fully saturated rings. The number of thioether (sulfide) groups is 1. The van der Waals surface area contributed by atoms with Crippen molar-refractivity contribution in [3.63, 3.8) is 0 Å². The minimum absolute atomic E-state index is 0.0155. The van der Waals surface area contributed by atoms with E-state index in [-0.39, 0.29) is 5.91 Å². The van der Waals surface area contributed by atoms with Gasteiger partial charge in [0.25, 0.3) is 0 Å². The van der Waals surface area contributed by atoms with Crippen molar-refractivity contribution in [1.82, 2.24) is 15.5 Å². The van der Waals surface area contributed by atoms with Crippen LogP contribution < -0.4 is 10.6 Å². The van der Waals surface area contributed by atoms with Crippen molar-refractivity contribution in [2.45, 2.75) is 24.7 Å². The first kappa shape index (κ1) is 18.4.